The maximum atomic E-state index is 13.1. The maximum absolute atomic E-state index is 13.1. The number of anilines is 2. The molecule has 6 rings (SSSR count). The molecule has 2 aromatic heterocycles. The second kappa shape index (κ2) is 7.54. The minimum Gasteiger partial charge on any atom is -0.486 e. The fourth-order valence-electron chi connectivity index (χ4n) is 5.25. The van der Waals surface area contributed by atoms with Gasteiger partial charge in [-0.05, 0) is 43.9 Å². The zero-order valence-electron chi connectivity index (χ0n) is 19.5. The van der Waals surface area contributed by atoms with Crippen molar-refractivity contribution in [3.63, 3.8) is 0 Å². The molecule has 3 aliphatic rings. The van der Waals surface area contributed by atoms with Gasteiger partial charge in [-0.1, -0.05) is 6.07 Å². The monoisotopic (exact) mass is 484 g/mol. The van der Waals surface area contributed by atoms with Crippen molar-refractivity contribution in [2.75, 3.05) is 49.9 Å². The number of sulfone groups is 1. The molecule has 0 unspecified atom stereocenters. The predicted molar refractivity (Wildman–Crippen MR) is 129 cm³/mol. The molecule has 0 bridgehead atoms. The number of fused-ring (bicyclic) bond motifs is 4. The zero-order valence-corrected chi connectivity index (χ0v) is 20.4. The van der Waals surface area contributed by atoms with Crippen LogP contribution in [0.25, 0.3) is 17.0 Å². The van der Waals surface area contributed by atoms with Crippen molar-refractivity contribution in [2.45, 2.75) is 37.0 Å². The van der Waals surface area contributed by atoms with Crippen LogP contribution in [0, 0.1) is 6.92 Å². The molecule has 0 amide bonds. The molecule has 2 fully saturated rings. The van der Waals surface area contributed by atoms with E-state index in [-0.39, 0.29) is 6.04 Å². The molecule has 1 aliphatic carbocycles. The molecule has 34 heavy (non-hydrogen) atoms. The number of hydrogen-bond acceptors (Lipinski definition) is 9. The van der Waals surface area contributed by atoms with Gasteiger partial charge in [-0.3, -0.25) is 0 Å². The normalized spacial score (nSPS) is 21.4. The van der Waals surface area contributed by atoms with Gasteiger partial charge in [-0.25, -0.2) is 23.0 Å². The number of imidazole rings is 1. The van der Waals surface area contributed by atoms with Gasteiger partial charge in [0.25, 0.3) is 0 Å². The van der Waals surface area contributed by atoms with E-state index < -0.39 is 14.6 Å². The summed E-state index contributed by atoms with van der Waals surface area (Å²) in [6, 6.07) is 6.04. The molecule has 10 nitrogen and oxygen atoms in total. The van der Waals surface area contributed by atoms with Crippen LogP contribution in [0.3, 0.4) is 0 Å². The van der Waals surface area contributed by atoms with E-state index in [1.807, 2.05) is 29.7 Å². The van der Waals surface area contributed by atoms with Crippen molar-refractivity contribution in [1.82, 2.24) is 19.5 Å². The lowest BCUT2D eigenvalue weighted by atomic mass is 9.81. The number of nitrogens with zero attached hydrogens (tertiary/aromatic N) is 5. The lowest BCUT2D eigenvalue weighted by molar-refractivity contribution is 0.0687. The Morgan fingerprint density at radius 1 is 1.18 bits per heavy atom. The van der Waals surface area contributed by atoms with Crippen LogP contribution in [-0.4, -0.2) is 73.6 Å². The number of ether oxygens (including phenoxy) is 2. The number of morpholine rings is 1. The Labute approximate surface area is 198 Å². The van der Waals surface area contributed by atoms with Crippen LogP contribution in [0.2, 0.25) is 0 Å². The number of rotatable bonds is 4. The van der Waals surface area contributed by atoms with Gasteiger partial charge in [0.15, 0.2) is 21.4 Å². The quantitative estimate of drug-likeness (QED) is 0.595. The number of benzene rings is 1. The molecular weight excluding hydrogens is 456 g/mol. The third-order valence-corrected chi connectivity index (χ3v) is 9.31. The molecule has 0 radical (unpaired) electrons. The summed E-state index contributed by atoms with van der Waals surface area (Å²) < 4.78 is 38.8. The number of aromatic nitrogens is 4. The Hall–Kier alpha value is -2.92. The number of nitrogens with one attached hydrogen (secondary N) is 1. The van der Waals surface area contributed by atoms with Crippen LogP contribution in [0.1, 0.15) is 30.5 Å². The summed E-state index contributed by atoms with van der Waals surface area (Å²) in [5, 5.41) is 3.14. The second-order valence-corrected chi connectivity index (χ2v) is 11.7. The minimum atomic E-state index is -3.45. The van der Waals surface area contributed by atoms with E-state index in [1.54, 1.807) is 7.05 Å². The molecule has 1 saturated heterocycles. The Bertz CT molecular complexity index is 1400. The highest BCUT2D eigenvalue weighted by molar-refractivity contribution is 7.91. The first-order chi connectivity index (χ1) is 16.3. The van der Waals surface area contributed by atoms with Crippen LogP contribution < -0.4 is 15.0 Å². The Kier molecular flexibility index (Phi) is 4.79. The van der Waals surface area contributed by atoms with Crippen molar-refractivity contribution in [3.8, 4) is 11.7 Å². The molecule has 4 heterocycles. The summed E-state index contributed by atoms with van der Waals surface area (Å²) in [5.74, 6) is 2.09. The highest BCUT2D eigenvalue weighted by atomic mass is 32.2. The molecule has 3 aromatic rings. The van der Waals surface area contributed by atoms with Gasteiger partial charge in [0.1, 0.15) is 17.0 Å². The molecule has 1 saturated carbocycles. The van der Waals surface area contributed by atoms with Gasteiger partial charge in [0.2, 0.25) is 11.9 Å². The lowest BCUT2D eigenvalue weighted by Crippen LogP contribution is -2.52. The van der Waals surface area contributed by atoms with Crippen LogP contribution in [0.5, 0.6) is 5.75 Å². The summed E-state index contributed by atoms with van der Waals surface area (Å²) in [5.41, 5.74) is 3.20. The van der Waals surface area contributed by atoms with E-state index in [0.717, 1.165) is 23.0 Å². The van der Waals surface area contributed by atoms with E-state index in [0.29, 0.717) is 68.4 Å². The summed E-state index contributed by atoms with van der Waals surface area (Å²) in [6.45, 7) is 4.22. The fourth-order valence-corrected chi connectivity index (χ4v) is 6.77. The first-order valence-corrected chi connectivity index (χ1v) is 13.5. The SMILES string of the molecule is CNc1nc2ccc(C)cc2n1-c1nc2c(c(C3(S(C)(=O)=O)CCC3)n1)OC[C@@H]1COCCN21. The molecule has 180 valence electrons. The van der Waals surface area contributed by atoms with Crippen molar-refractivity contribution in [2.24, 2.45) is 0 Å². The van der Waals surface area contributed by atoms with Gasteiger partial charge in [-0.2, -0.15) is 4.98 Å². The van der Waals surface area contributed by atoms with E-state index in [4.69, 9.17) is 24.4 Å². The summed E-state index contributed by atoms with van der Waals surface area (Å²) in [4.78, 5) is 16.8. The average Bonchev–Trinajstić information content (AvgIpc) is 3.14. The molecule has 1 aromatic carbocycles. The standard InChI is InChI=1S/C23H28N6O4S/c1-14-5-6-16-17(11-14)29(21(24-2)25-16)22-26-19(23(7-4-8-23)34(3,30)31)18-20(27-22)28-9-10-32-12-15(28)13-33-18/h5-6,11,15H,4,7-10,12-13H2,1-3H3,(H,24,25)/t15-/m0/s1. The molecular formula is C23H28N6O4S. The van der Waals surface area contributed by atoms with Crippen LogP contribution in [0.4, 0.5) is 11.8 Å². The van der Waals surface area contributed by atoms with E-state index in [2.05, 4.69) is 10.2 Å². The number of hydrogen-bond donors (Lipinski definition) is 1. The Morgan fingerprint density at radius 2 is 2.00 bits per heavy atom. The van der Waals surface area contributed by atoms with Crippen molar-refractivity contribution in [3.05, 3.63) is 29.5 Å². The Morgan fingerprint density at radius 3 is 2.71 bits per heavy atom. The highest BCUT2D eigenvalue weighted by Gasteiger charge is 2.53. The molecule has 2 aliphatic heterocycles. The van der Waals surface area contributed by atoms with E-state index >= 15 is 0 Å². The largest absolute Gasteiger partial charge is 0.486 e. The molecule has 0 spiro atoms. The average molecular weight is 485 g/mol. The van der Waals surface area contributed by atoms with Crippen LogP contribution >= 0.6 is 0 Å². The van der Waals surface area contributed by atoms with Gasteiger partial charge in [0, 0.05) is 19.8 Å². The smallest absolute Gasteiger partial charge is 0.239 e. The third-order valence-electron chi connectivity index (χ3n) is 7.29. The summed E-state index contributed by atoms with van der Waals surface area (Å²) in [7, 11) is -1.65. The van der Waals surface area contributed by atoms with Crippen molar-refractivity contribution >= 4 is 32.6 Å². The number of aryl methyl sites for hydroxylation is 1. The molecule has 1 N–H and O–H groups in total. The third kappa shape index (κ3) is 3.02. The maximum Gasteiger partial charge on any atom is 0.239 e. The second-order valence-electron chi connectivity index (χ2n) is 9.39. The Balaban J connectivity index is 1.66. The van der Waals surface area contributed by atoms with Gasteiger partial charge < -0.3 is 19.7 Å². The first kappa shape index (κ1) is 21.6. The van der Waals surface area contributed by atoms with Crippen LogP contribution in [0.15, 0.2) is 18.2 Å². The van der Waals surface area contributed by atoms with Crippen molar-refractivity contribution in [1.29, 1.82) is 0 Å². The summed E-state index contributed by atoms with van der Waals surface area (Å²) in [6.07, 6.45) is 3.17. The van der Waals surface area contributed by atoms with Crippen LogP contribution in [-0.2, 0) is 19.3 Å². The predicted octanol–water partition coefficient (Wildman–Crippen LogP) is 2.19. The zero-order chi connectivity index (χ0) is 23.7. The lowest BCUT2D eigenvalue weighted by Gasteiger charge is -2.44. The van der Waals surface area contributed by atoms with E-state index in [9.17, 15) is 8.42 Å². The summed E-state index contributed by atoms with van der Waals surface area (Å²) >= 11 is 0. The molecule has 11 heteroatoms. The van der Waals surface area contributed by atoms with Crippen molar-refractivity contribution < 1.29 is 17.9 Å². The topological polar surface area (TPSA) is 111 Å². The van der Waals surface area contributed by atoms with E-state index in [1.165, 1.54) is 6.26 Å². The highest BCUT2D eigenvalue weighted by Crippen LogP contribution is 2.52. The first-order valence-electron chi connectivity index (χ1n) is 11.6. The van der Waals surface area contributed by atoms with Gasteiger partial charge in [-0.15, -0.1) is 0 Å². The fraction of sp³-hybridized carbons (Fsp3) is 0.522. The minimum absolute atomic E-state index is 0.0259. The van der Waals surface area contributed by atoms with Gasteiger partial charge >= 0.3 is 0 Å². The molecule has 1 atom stereocenters. The van der Waals surface area contributed by atoms with Gasteiger partial charge in [0.05, 0.1) is 30.3 Å².